The van der Waals surface area contributed by atoms with E-state index in [9.17, 15) is 18.8 Å². The van der Waals surface area contributed by atoms with Crippen LogP contribution in [-0.2, 0) is 4.79 Å². The van der Waals surface area contributed by atoms with Crippen LogP contribution in [0.25, 0.3) is 0 Å². The number of carboxylic acids is 1. The van der Waals surface area contributed by atoms with Gasteiger partial charge in [-0.2, -0.15) is 0 Å². The molecule has 130 valence electrons. The molecule has 1 saturated heterocycles. The van der Waals surface area contributed by atoms with E-state index < -0.39 is 23.6 Å². The third kappa shape index (κ3) is 4.43. The molecule has 1 aromatic carbocycles. The van der Waals surface area contributed by atoms with Crippen molar-refractivity contribution in [3.05, 3.63) is 35.1 Å². The van der Waals surface area contributed by atoms with Gasteiger partial charge < -0.3 is 20.6 Å². The number of carbonyl (C=O) groups excluding carboxylic acids is 2. The molecule has 0 aromatic heterocycles. The van der Waals surface area contributed by atoms with E-state index >= 15 is 0 Å². The van der Waals surface area contributed by atoms with Crippen LogP contribution in [0.5, 0.6) is 0 Å². The van der Waals surface area contributed by atoms with Crippen LogP contribution in [0.15, 0.2) is 18.2 Å². The van der Waals surface area contributed by atoms with Crippen molar-refractivity contribution in [2.24, 2.45) is 5.92 Å². The smallest absolute Gasteiger partial charge is 0.317 e. The van der Waals surface area contributed by atoms with Crippen molar-refractivity contribution in [1.82, 2.24) is 15.5 Å². The summed E-state index contributed by atoms with van der Waals surface area (Å²) in [6, 6.07) is 3.87. The number of urea groups is 1. The van der Waals surface area contributed by atoms with E-state index in [1.807, 2.05) is 0 Å². The molecule has 1 heterocycles. The predicted octanol–water partition coefficient (Wildman–Crippen LogP) is 0.980. The molecule has 1 atom stereocenters. The molecule has 0 saturated carbocycles. The standard InChI is InChI=1S/C16H20FN3O4/c1-10-2-3-11(8-13(10)17)14(21)18-5-6-19-16(24)20-7-4-12(9-20)15(22)23/h2-3,8,12H,4-7,9H2,1H3,(H,18,21)(H,19,24)(H,22,23). The van der Waals surface area contributed by atoms with Crippen molar-refractivity contribution in [3.63, 3.8) is 0 Å². The Labute approximate surface area is 138 Å². The largest absolute Gasteiger partial charge is 0.481 e. The molecule has 0 spiro atoms. The number of hydrogen-bond donors (Lipinski definition) is 3. The van der Waals surface area contributed by atoms with E-state index in [0.29, 0.717) is 18.5 Å². The quantitative estimate of drug-likeness (QED) is 0.698. The van der Waals surface area contributed by atoms with Crippen LogP contribution < -0.4 is 10.6 Å². The number of hydrogen-bond acceptors (Lipinski definition) is 3. The zero-order chi connectivity index (χ0) is 17.7. The first-order chi connectivity index (χ1) is 11.4. The Morgan fingerprint density at radius 3 is 2.62 bits per heavy atom. The molecule has 0 aliphatic carbocycles. The number of nitrogens with one attached hydrogen (secondary N) is 2. The van der Waals surface area contributed by atoms with Crippen LogP contribution in [0, 0.1) is 18.7 Å². The topological polar surface area (TPSA) is 98.7 Å². The SMILES string of the molecule is Cc1ccc(C(=O)NCCNC(=O)N2CCC(C(=O)O)C2)cc1F. The number of rotatable bonds is 5. The lowest BCUT2D eigenvalue weighted by Crippen LogP contribution is -2.42. The number of aryl methyl sites for hydroxylation is 1. The monoisotopic (exact) mass is 337 g/mol. The maximum absolute atomic E-state index is 13.4. The third-order valence-corrected chi connectivity index (χ3v) is 3.95. The van der Waals surface area contributed by atoms with Gasteiger partial charge in [0.2, 0.25) is 0 Å². The molecule has 8 heteroatoms. The summed E-state index contributed by atoms with van der Waals surface area (Å²) in [5.74, 6) is -2.29. The van der Waals surface area contributed by atoms with Gasteiger partial charge in [0, 0.05) is 31.7 Å². The fourth-order valence-corrected chi connectivity index (χ4v) is 2.44. The number of likely N-dealkylation sites (tertiary alicyclic amines) is 1. The van der Waals surface area contributed by atoms with Crippen molar-refractivity contribution in [3.8, 4) is 0 Å². The summed E-state index contributed by atoms with van der Waals surface area (Å²) in [5, 5.41) is 14.1. The summed E-state index contributed by atoms with van der Waals surface area (Å²) in [7, 11) is 0. The van der Waals surface area contributed by atoms with Crippen molar-refractivity contribution < 1.29 is 23.9 Å². The normalized spacial score (nSPS) is 16.8. The average Bonchev–Trinajstić information content (AvgIpc) is 3.04. The number of nitrogens with zero attached hydrogens (tertiary/aromatic N) is 1. The molecule has 1 unspecified atom stereocenters. The van der Waals surface area contributed by atoms with Gasteiger partial charge in [0.25, 0.3) is 5.91 Å². The first kappa shape index (κ1) is 17.7. The van der Waals surface area contributed by atoms with E-state index in [0.717, 1.165) is 0 Å². The van der Waals surface area contributed by atoms with Gasteiger partial charge in [0.05, 0.1) is 5.92 Å². The molecular weight excluding hydrogens is 317 g/mol. The molecule has 0 radical (unpaired) electrons. The lowest BCUT2D eigenvalue weighted by atomic mass is 10.1. The van der Waals surface area contributed by atoms with Crippen molar-refractivity contribution >= 4 is 17.9 Å². The van der Waals surface area contributed by atoms with E-state index in [4.69, 9.17) is 5.11 Å². The second-order valence-corrected chi connectivity index (χ2v) is 5.72. The number of carboxylic acid groups (broad SMARTS) is 1. The molecule has 3 N–H and O–H groups in total. The minimum Gasteiger partial charge on any atom is -0.481 e. The molecule has 1 fully saturated rings. The second-order valence-electron chi connectivity index (χ2n) is 5.72. The molecule has 1 aliphatic rings. The molecule has 24 heavy (non-hydrogen) atoms. The third-order valence-electron chi connectivity index (χ3n) is 3.95. The zero-order valence-corrected chi connectivity index (χ0v) is 13.3. The minimum atomic E-state index is -0.900. The van der Waals surface area contributed by atoms with Crippen LogP contribution in [0.4, 0.5) is 9.18 Å². The molecular formula is C16H20FN3O4. The zero-order valence-electron chi connectivity index (χ0n) is 13.3. The van der Waals surface area contributed by atoms with Gasteiger partial charge in [-0.3, -0.25) is 9.59 Å². The summed E-state index contributed by atoms with van der Waals surface area (Å²) < 4.78 is 13.4. The highest BCUT2D eigenvalue weighted by molar-refractivity contribution is 5.94. The number of halogens is 1. The van der Waals surface area contributed by atoms with E-state index in [1.54, 1.807) is 6.92 Å². The number of aliphatic carboxylic acids is 1. The molecule has 7 nitrogen and oxygen atoms in total. The predicted molar refractivity (Wildman–Crippen MR) is 84.2 cm³/mol. The van der Waals surface area contributed by atoms with Crippen LogP contribution in [0.1, 0.15) is 22.3 Å². The Bertz CT molecular complexity index is 650. The summed E-state index contributed by atoms with van der Waals surface area (Å²) in [4.78, 5) is 36.0. The van der Waals surface area contributed by atoms with Crippen LogP contribution in [0.2, 0.25) is 0 Å². The average molecular weight is 337 g/mol. The Kier molecular flexibility index (Phi) is 5.73. The highest BCUT2D eigenvalue weighted by Gasteiger charge is 2.30. The summed E-state index contributed by atoms with van der Waals surface area (Å²) in [6.07, 6.45) is 0.443. The van der Waals surface area contributed by atoms with Crippen LogP contribution >= 0.6 is 0 Å². The van der Waals surface area contributed by atoms with Crippen molar-refractivity contribution in [1.29, 1.82) is 0 Å². The minimum absolute atomic E-state index is 0.191. The number of carbonyl (C=O) groups is 3. The second kappa shape index (κ2) is 7.76. The van der Waals surface area contributed by atoms with Gasteiger partial charge >= 0.3 is 12.0 Å². The van der Waals surface area contributed by atoms with Gasteiger partial charge in [-0.15, -0.1) is 0 Å². The number of amides is 3. The maximum Gasteiger partial charge on any atom is 0.317 e. The van der Waals surface area contributed by atoms with Gasteiger partial charge in [0.15, 0.2) is 0 Å². The van der Waals surface area contributed by atoms with Gasteiger partial charge in [0.1, 0.15) is 5.82 Å². The Morgan fingerprint density at radius 1 is 1.29 bits per heavy atom. The van der Waals surface area contributed by atoms with Crippen molar-refractivity contribution in [2.75, 3.05) is 26.2 Å². The Morgan fingerprint density at radius 2 is 2.00 bits per heavy atom. The van der Waals surface area contributed by atoms with E-state index in [2.05, 4.69) is 10.6 Å². The highest BCUT2D eigenvalue weighted by atomic mass is 19.1. The lowest BCUT2D eigenvalue weighted by molar-refractivity contribution is -0.141. The lowest BCUT2D eigenvalue weighted by Gasteiger charge is -2.16. The fraction of sp³-hybridized carbons (Fsp3) is 0.438. The highest BCUT2D eigenvalue weighted by Crippen LogP contribution is 2.15. The Hall–Kier alpha value is -2.64. The molecule has 2 rings (SSSR count). The molecule has 3 amide bonds. The summed E-state index contributed by atoms with van der Waals surface area (Å²) >= 11 is 0. The van der Waals surface area contributed by atoms with Gasteiger partial charge in [-0.25, -0.2) is 9.18 Å². The van der Waals surface area contributed by atoms with E-state index in [1.165, 1.54) is 23.1 Å². The van der Waals surface area contributed by atoms with Crippen LogP contribution in [0.3, 0.4) is 0 Å². The Balaban J connectivity index is 1.71. The van der Waals surface area contributed by atoms with Gasteiger partial charge in [-0.05, 0) is 31.0 Å². The van der Waals surface area contributed by atoms with Crippen molar-refractivity contribution in [2.45, 2.75) is 13.3 Å². The molecule has 1 aromatic rings. The summed E-state index contributed by atoms with van der Waals surface area (Å²) in [5.41, 5.74) is 0.678. The summed E-state index contributed by atoms with van der Waals surface area (Å²) in [6.45, 7) is 2.59. The molecule has 0 bridgehead atoms. The first-order valence-electron chi connectivity index (χ1n) is 7.68. The fourth-order valence-electron chi connectivity index (χ4n) is 2.44. The van der Waals surface area contributed by atoms with E-state index in [-0.39, 0.29) is 31.2 Å². The van der Waals surface area contributed by atoms with Gasteiger partial charge in [-0.1, -0.05) is 6.07 Å². The maximum atomic E-state index is 13.4. The van der Waals surface area contributed by atoms with Crippen LogP contribution in [-0.4, -0.2) is 54.1 Å². The molecule has 1 aliphatic heterocycles. The first-order valence-corrected chi connectivity index (χ1v) is 7.68. The number of benzene rings is 1.